The van der Waals surface area contributed by atoms with Crippen LogP contribution in [-0.4, -0.2) is 47.0 Å². The van der Waals surface area contributed by atoms with Gasteiger partial charge in [-0.15, -0.1) is 10.2 Å². The van der Waals surface area contributed by atoms with E-state index in [-0.39, 0.29) is 36.1 Å². The third-order valence-corrected chi connectivity index (χ3v) is 4.58. The SMILES string of the molecule is O=C(CSc1nnc(CNC(=O)c2ccccc2)o1)NC[C@H]1CCCO1. The Morgan fingerprint density at radius 1 is 1.19 bits per heavy atom. The van der Waals surface area contributed by atoms with Crippen LogP contribution in [-0.2, 0) is 16.1 Å². The van der Waals surface area contributed by atoms with Crippen molar-refractivity contribution in [1.29, 1.82) is 0 Å². The van der Waals surface area contributed by atoms with E-state index in [9.17, 15) is 9.59 Å². The van der Waals surface area contributed by atoms with E-state index in [1.165, 1.54) is 0 Å². The largest absolute Gasteiger partial charge is 0.414 e. The average molecular weight is 376 g/mol. The number of rotatable bonds is 8. The van der Waals surface area contributed by atoms with Crippen LogP contribution in [0.2, 0.25) is 0 Å². The van der Waals surface area contributed by atoms with Gasteiger partial charge in [-0.2, -0.15) is 0 Å². The van der Waals surface area contributed by atoms with E-state index >= 15 is 0 Å². The molecule has 1 atom stereocenters. The molecule has 1 fully saturated rings. The maximum atomic E-state index is 12.0. The molecule has 1 aliphatic heterocycles. The summed E-state index contributed by atoms with van der Waals surface area (Å²) >= 11 is 1.16. The number of thioether (sulfide) groups is 1. The first-order valence-corrected chi connectivity index (χ1v) is 9.36. The topological polar surface area (TPSA) is 106 Å². The van der Waals surface area contributed by atoms with Crippen molar-refractivity contribution < 1.29 is 18.7 Å². The molecule has 1 aromatic heterocycles. The lowest BCUT2D eigenvalue weighted by Crippen LogP contribution is -2.32. The Morgan fingerprint density at radius 2 is 2.04 bits per heavy atom. The van der Waals surface area contributed by atoms with E-state index in [0.29, 0.717) is 17.3 Å². The van der Waals surface area contributed by atoms with E-state index in [2.05, 4.69) is 20.8 Å². The van der Waals surface area contributed by atoms with E-state index in [1.807, 2.05) is 6.07 Å². The zero-order valence-electron chi connectivity index (χ0n) is 14.1. The predicted molar refractivity (Wildman–Crippen MR) is 94.6 cm³/mol. The summed E-state index contributed by atoms with van der Waals surface area (Å²) in [4.78, 5) is 23.8. The zero-order valence-corrected chi connectivity index (χ0v) is 15.0. The van der Waals surface area contributed by atoms with Gasteiger partial charge >= 0.3 is 0 Å². The second-order valence-electron chi connectivity index (χ2n) is 5.74. The molecule has 0 aliphatic carbocycles. The minimum absolute atomic E-state index is 0.109. The number of nitrogens with one attached hydrogen (secondary N) is 2. The number of carbonyl (C=O) groups is 2. The normalized spacial score (nSPS) is 16.4. The van der Waals surface area contributed by atoms with Crippen molar-refractivity contribution in [1.82, 2.24) is 20.8 Å². The van der Waals surface area contributed by atoms with Crippen LogP contribution in [0.15, 0.2) is 40.0 Å². The fraction of sp³-hybridized carbons (Fsp3) is 0.412. The highest BCUT2D eigenvalue weighted by Gasteiger charge is 2.17. The highest BCUT2D eigenvalue weighted by Crippen LogP contribution is 2.16. The molecule has 138 valence electrons. The first kappa shape index (κ1) is 18.4. The highest BCUT2D eigenvalue weighted by molar-refractivity contribution is 7.99. The number of amides is 2. The van der Waals surface area contributed by atoms with Gasteiger partial charge in [0.05, 0.1) is 18.4 Å². The van der Waals surface area contributed by atoms with Crippen molar-refractivity contribution in [3.8, 4) is 0 Å². The molecule has 8 nitrogen and oxygen atoms in total. The number of nitrogens with zero attached hydrogens (tertiary/aromatic N) is 2. The number of hydrogen-bond acceptors (Lipinski definition) is 7. The number of ether oxygens (including phenoxy) is 1. The first-order chi connectivity index (χ1) is 12.7. The van der Waals surface area contributed by atoms with Gasteiger partial charge in [0, 0.05) is 18.7 Å². The predicted octanol–water partition coefficient (Wildman–Crippen LogP) is 1.39. The van der Waals surface area contributed by atoms with Gasteiger partial charge in [-0.05, 0) is 25.0 Å². The van der Waals surface area contributed by atoms with Gasteiger partial charge in [-0.3, -0.25) is 9.59 Å². The van der Waals surface area contributed by atoms with Crippen molar-refractivity contribution >= 4 is 23.6 Å². The van der Waals surface area contributed by atoms with Crippen molar-refractivity contribution in [3.63, 3.8) is 0 Å². The lowest BCUT2D eigenvalue weighted by molar-refractivity contribution is -0.119. The van der Waals surface area contributed by atoms with Gasteiger partial charge in [0.25, 0.3) is 11.1 Å². The summed E-state index contributed by atoms with van der Waals surface area (Å²) < 4.78 is 10.9. The lowest BCUT2D eigenvalue weighted by Gasteiger charge is -2.09. The monoisotopic (exact) mass is 376 g/mol. The molecule has 9 heteroatoms. The minimum atomic E-state index is -0.216. The van der Waals surface area contributed by atoms with Gasteiger partial charge in [0.1, 0.15) is 0 Å². The van der Waals surface area contributed by atoms with E-state index in [1.54, 1.807) is 24.3 Å². The second kappa shape index (κ2) is 9.35. The summed E-state index contributed by atoms with van der Waals surface area (Å²) in [7, 11) is 0. The number of carbonyl (C=O) groups excluding carboxylic acids is 2. The second-order valence-corrected chi connectivity index (χ2v) is 6.66. The maximum absolute atomic E-state index is 12.0. The Morgan fingerprint density at radius 3 is 2.81 bits per heavy atom. The minimum Gasteiger partial charge on any atom is -0.414 e. The summed E-state index contributed by atoms with van der Waals surface area (Å²) in [5.74, 6) is 0.149. The Kier molecular flexibility index (Phi) is 6.62. The molecule has 2 aromatic rings. The van der Waals surface area contributed by atoms with Gasteiger partial charge in [-0.1, -0.05) is 30.0 Å². The highest BCUT2D eigenvalue weighted by atomic mass is 32.2. The third kappa shape index (κ3) is 5.57. The smallest absolute Gasteiger partial charge is 0.277 e. The van der Waals surface area contributed by atoms with Crippen LogP contribution in [0.5, 0.6) is 0 Å². The van der Waals surface area contributed by atoms with Crippen LogP contribution < -0.4 is 10.6 Å². The summed E-state index contributed by atoms with van der Waals surface area (Å²) in [5.41, 5.74) is 0.560. The summed E-state index contributed by atoms with van der Waals surface area (Å²) in [6.45, 7) is 1.42. The zero-order chi connectivity index (χ0) is 18.2. The Balaban J connectivity index is 1.37. The van der Waals surface area contributed by atoms with E-state index in [4.69, 9.17) is 9.15 Å². The molecule has 1 aromatic carbocycles. The molecular formula is C17H20N4O4S. The maximum Gasteiger partial charge on any atom is 0.277 e. The molecule has 1 saturated heterocycles. The van der Waals surface area contributed by atoms with Crippen molar-refractivity contribution in [2.75, 3.05) is 18.9 Å². The van der Waals surface area contributed by atoms with E-state index < -0.39 is 0 Å². The fourth-order valence-electron chi connectivity index (χ4n) is 2.43. The molecule has 0 bridgehead atoms. The van der Waals surface area contributed by atoms with Crippen LogP contribution in [0.1, 0.15) is 29.1 Å². The van der Waals surface area contributed by atoms with Crippen LogP contribution in [0.3, 0.4) is 0 Å². The Bertz CT molecular complexity index is 731. The Labute approximate surface area is 155 Å². The van der Waals surface area contributed by atoms with Crippen LogP contribution in [0.4, 0.5) is 0 Å². The number of benzene rings is 1. The molecule has 2 heterocycles. The van der Waals surface area contributed by atoms with Crippen LogP contribution in [0.25, 0.3) is 0 Å². The summed E-state index contributed by atoms with van der Waals surface area (Å²) in [6.07, 6.45) is 2.14. The van der Waals surface area contributed by atoms with Gasteiger partial charge < -0.3 is 19.8 Å². The number of aromatic nitrogens is 2. The molecule has 0 unspecified atom stereocenters. The third-order valence-electron chi connectivity index (χ3n) is 3.76. The standard InChI is InChI=1S/C17H20N4O4S/c22-14(18-9-13-7-4-8-24-13)11-26-17-21-20-15(25-17)10-19-16(23)12-5-2-1-3-6-12/h1-3,5-6,13H,4,7-11H2,(H,18,22)(H,19,23)/t13-/m1/s1. The van der Waals surface area contributed by atoms with Crippen LogP contribution >= 0.6 is 11.8 Å². The van der Waals surface area contributed by atoms with E-state index in [0.717, 1.165) is 31.2 Å². The van der Waals surface area contributed by atoms with Gasteiger partial charge in [0.15, 0.2) is 0 Å². The summed E-state index contributed by atoms with van der Waals surface area (Å²) in [6, 6.07) is 8.87. The lowest BCUT2D eigenvalue weighted by atomic mass is 10.2. The number of hydrogen-bond donors (Lipinski definition) is 2. The van der Waals surface area contributed by atoms with Gasteiger partial charge in [-0.25, -0.2) is 0 Å². The quantitative estimate of drug-likeness (QED) is 0.671. The molecular weight excluding hydrogens is 356 g/mol. The molecule has 2 N–H and O–H groups in total. The van der Waals surface area contributed by atoms with Gasteiger partial charge in [0.2, 0.25) is 11.8 Å². The fourth-order valence-corrected chi connectivity index (χ4v) is 3.04. The van der Waals surface area contributed by atoms with Crippen molar-refractivity contribution in [2.45, 2.75) is 30.7 Å². The molecule has 0 saturated carbocycles. The van der Waals surface area contributed by atoms with Crippen molar-refractivity contribution in [2.24, 2.45) is 0 Å². The molecule has 0 radical (unpaired) electrons. The molecule has 2 amide bonds. The van der Waals surface area contributed by atoms with Crippen molar-refractivity contribution in [3.05, 3.63) is 41.8 Å². The molecule has 1 aliphatic rings. The molecule has 26 heavy (non-hydrogen) atoms. The summed E-state index contributed by atoms with van der Waals surface area (Å²) in [5, 5.41) is 13.6. The average Bonchev–Trinajstić information content (AvgIpc) is 3.35. The molecule has 3 rings (SSSR count). The first-order valence-electron chi connectivity index (χ1n) is 8.37. The molecule has 0 spiro atoms. The van der Waals surface area contributed by atoms with Crippen LogP contribution in [0, 0.1) is 0 Å². The Hall–Kier alpha value is -2.39.